The minimum absolute atomic E-state index is 0.147. The molecule has 0 fully saturated rings. The lowest BCUT2D eigenvalue weighted by atomic mass is 9.93. The van der Waals surface area contributed by atoms with Crippen molar-refractivity contribution >= 4 is 16.7 Å². The molecule has 0 aliphatic heterocycles. The summed E-state index contributed by atoms with van der Waals surface area (Å²) in [7, 11) is 0. The molecular weight excluding hydrogens is 338 g/mol. The van der Waals surface area contributed by atoms with Crippen LogP contribution in [0.5, 0.6) is 0 Å². The molecule has 0 saturated carbocycles. The summed E-state index contributed by atoms with van der Waals surface area (Å²) in [6.07, 6.45) is 0. The van der Waals surface area contributed by atoms with Gasteiger partial charge in [0.25, 0.3) is 11.5 Å². The van der Waals surface area contributed by atoms with E-state index in [1.54, 1.807) is 24.3 Å². The predicted molar refractivity (Wildman–Crippen MR) is 108 cm³/mol. The summed E-state index contributed by atoms with van der Waals surface area (Å²) in [5, 5.41) is 10.5. The summed E-state index contributed by atoms with van der Waals surface area (Å²) < 4.78 is 0. The van der Waals surface area contributed by atoms with E-state index >= 15 is 0 Å². The SMILES string of the molecule is CC(C)c1ccc([C@@H](NC(=O)c2n[nH]c(=O)c3ccccc23)C(C)C)cc1. The molecule has 1 aromatic heterocycles. The largest absolute Gasteiger partial charge is 0.344 e. The van der Waals surface area contributed by atoms with Gasteiger partial charge in [0, 0.05) is 5.39 Å². The fraction of sp³-hybridized carbons (Fsp3) is 0.318. The van der Waals surface area contributed by atoms with Crippen LogP contribution in [0.4, 0.5) is 0 Å². The number of fused-ring (bicyclic) bond motifs is 1. The Morgan fingerprint density at radius 1 is 0.926 bits per heavy atom. The number of carbonyl (C=O) groups excluding carboxylic acids is 1. The predicted octanol–water partition coefficient (Wildman–Crippen LogP) is 4.17. The van der Waals surface area contributed by atoms with Gasteiger partial charge in [0.05, 0.1) is 11.4 Å². The zero-order chi connectivity index (χ0) is 19.6. The van der Waals surface area contributed by atoms with Gasteiger partial charge in [-0.2, -0.15) is 5.10 Å². The number of nitrogens with zero attached hydrogens (tertiary/aromatic N) is 1. The molecule has 1 amide bonds. The normalized spacial score (nSPS) is 12.5. The Balaban J connectivity index is 1.93. The third-order valence-corrected chi connectivity index (χ3v) is 4.83. The number of aromatic nitrogens is 2. The van der Waals surface area contributed by atoms with E-state index in [1.165, 1.54) is 5.56 Å². The average Bonchev–Trinajstić information content (AvgIpc) is 2.66. The summed E-state index contributed by atoms with van der Waals surface area (Å²) in [6.45, 7) is 8.45. The Bertz CT molecular complexity index is 1000. The summed E-state index contributed by atoms with van der Waals surface area (Å²) in [5.41, 5.74) is 2.25. The molecule has 0 aliphatic carbocycles. The van der Waals surface area contributed by atoms with Gasteiger partial charge in [0.2, 0.25) is 0 Å². The Labute approximate surface area is 158 Å². The number of amides is 1. The fourth-order valence-corrected chi connectivity index (χ4v) is 3.22. The van der Waals surface area contributed by atoms with Gasteiger partial charge in [-0.05, 0) is 29.0 Å². The van der Waals surface area contributed by atoms with Gasteiger partial charge in [-0.25, -0.2) is 5.10 Å². The Kier molecular flexibility index (Phi) is 5.40. The standard InChI is InChI=1S/C22H25N3O2/c1-13(2)15-9-11-16(12-10-15)19(14(3)4)23-22(27)20-17-7-5-6-8-18(17)21(26)25-24-20/h5-14,19H,1-4H3,(H,23,27)(H,25,26)/t19-/m0/s1. The van der Waals surface area contributed by atoms with Crippen molar-refractivity contribution in [3.63, 3.8) is 0 Å². The van der Waals surface area contributed by atoms with Crippen LogP contribution in [0.25, 0.3) is 10.8 Å². The third kappa shape index (κ3) is 3.92. The number of hydrogen-bond acceptors (Lipinski definition) is 3. The summed E-state index contributed by atoms with van der Waals surface area (Å²) >= 11 is 0. The monoisotopic (exact) mass is 363 g/mol. The van der Waals surface area contributed by atoms with Gasteiger partial charge < -0.3 is 5.32 Å². The van der Waals surface area contributed by atoms with Crippen LogP contribution < -0.4 is 10.9 Å². The van der Waals surface area contributed by atoms with E-state index in [9.17, 15) is 9.59 Å². The van der Waals surface area contributed by atoms with Crippen LogP contribution >= 0.6 is 0 Å². The van der Waals surface area contributed by atoms with Crippen LogP contribution in [0, 0.1) is 5.92 Å². The van der Waals surface area contributed by atoms with Gasteiger partial charge in [0.15, 0.2) is 5.69 Å². The highest BCUT2D eigenvalue weighted by atomic mass is 16.2. The van der Waals surface area contributed by atoms with Crippen molar-refractivity contribution in [2.75, 3.05) is 0 Å². The maximum absolute atomic E-state index is 12.9. The lowest BCUT2D eigenvalue weighted by Gasteiger charge is -2.23. The molecule has 0 aliphatic rings. The Morgan fingerprint density at radius 3 is 2.11 bits per heavy atom. The summed E-state index contributed by atoms with van der Waals surface area (Å²) in [6, 6.07) is 15.2. The molecule has 1 atom stereocenters. The molecule has 2 aromatic carbocycles. The molecule has 1 heterocycles. The van der Waals surface area contributed by atoms with Crippen molar-refractivity contribution in [2.24, 2.45) is 5.92 Å². The molecule has 0 radical (unpaired) electrons. The molecule has 0 unspecified atom stereocenters. The third-order valence-electron chi connectivity index (χ3n) is 4.83. The number of H-pyrrole nitrogens is 1. The number of aromatic amines is 1. The van der Waals surface area contributed by atoms with Gasteiger partial charge >= 0.3 is 0 Å². The van der Waals surface area contributed by atoms with Crippen molar-refractivity contribution in [3.05, 3.63) is 75.7 Å². The van der Waals surface area contributed by atoms with E-state index in [4.69, 9.17) is 0 Å². The van der Waals surface area contributed by atoms with Crippen molar-refractivity contribution < 1.29 is 4.79 Å². The second-order valence-electron chi connectivity index (χ2n) is 7.46. The van der Waals surface area contributed by atoms with E-state index in [2.05, 4.69) is 67.5 Å². The first-order valence-electron chi connectivity index (χ1n) is 9.26. The number of rotatable bonds is 5. The fourth-order valence-electron chi connectivity index (χ4n) is 3.22. The first-order valence-corrected chi connectivity index (χ1v) is 9.26. The van der Waals surface area contributed by atoms with Crippen LogP contribution in [0.3, 0.4) is 0 Å². The van der Waals surface area contributed by atoms with Crippen LogP contribution in [-0.4, -0.2) is 16.1 Å². The molecule has 5 nitrogen and oxygen atoms in total. The van der Waals surface area contributed by atoms with Crippen molar-refractivity contribution in [1.29, 1.82) is 0 Å². The molecule has 140 valence electrons. The lowest BCUT2D eigenvalue weighted by Crippen LogP contribution is -2.33. The molecule has 0 spiro atoms. The quantitative estimate of drug-likeness (QED) is 0.714. The van der Waals surface area contributed by atoms with E-state index in [-0.39, 0.29) is 29.1 Å². The number of nitrogens with one attached hydrogen (secondary N) is 2. The highest BCUT2D eigenvalue weighted by Crippen LogP contribution is 2.25. The zero-order valence-electron chi connectivity index (χ0n) is 16.1. The molecule has 5 heteroatoms. The molecule has 2 N–H and O–H groups in total. The Hall–Kier alpha value is -2.95. The minimum Gasteiger partial charge on any atom is -0.344 e. The number of hydrogen-bond donors (Lipinski definition) is 2. The van der Waals surface area contributed by atoms with Crippen LogP contribution in [-0.2, 0) is 0 Å². The maximum atomic E-state index is 12.9. The van der Waals surface area contributed by atoms with Crippen molar-refractivity contribution in [3.8, 4) is 0 Å². The van der Waals surface area contributed by atoms with Gasteiger partial charge in [0.1, 0.15) is 0 Å². The molecular formula is C22H25N3O2. The summed E-state index contributed by atoms with van der Waals surface area (Å²) in [4.78, 5) is 24.9. The van der Waals surface area contributed by atoms with Crippen molar-refractivity contribution in [2.45, 2.75) is 39.7 Å². The van der Waals surface area contributed by atoms with E-state index in [0.29, 0.717) is 16.7 Å². The lowest BCUT2D eigenvalue weighted by molar-refractivity contribution is 0.0921. The number of benzene rings is 2. The average molecular weight is 363 g/mol. The van der Waals surface area contributed by atoms with E-state index in [0.717, 1.165) is 5.56 Å². The second-order valence-corrected chi connectivity index (χ2v) is 7.46. The first kappa shape index (κ1) is 18.8. The van der Waals surface area contributed by atoms with Crippen LogP contribution in [0.1, 0.15) is 61.3 Å². The molecule has 27 heavy (non-hydrogen) atoms. The topological polar surface area (TPSA) is 74.8 Å². The maximum Gasteiger partial charge on any atom is 0.272 e. The molecule has 3 aromatic rings. The summed E-state index contributed by atoms with van der Waals surface area (Å²) in [5.74, 6) is 0.366. The highest BCUT2D eigenvalue weighted by Gasteiger charge is 2.22. The van der Waals surface area contributed by atoms with Crippen LogP contribution in [0.2, 0.25) is 0 Å². The van der Waals surface area contributed by atoms with Crippen LogP contribution in [0.15, 0.2) is 53.3 Å². The van der Waals surface area contributed by atoms with Gasteiger partial charge in [-0.15, -0.1) is 0 Å². The zero-order valence-corrected chi connectivity index (χ0v) is 16.1. The van der Waals surface area contributed by atoms with Gasteiger partial charge in [-0.3, -0.25) is 9.59 Å². The molecule has 0 saturated heterocycles. The van der Waals surface area contributed by atoms with E-state index in [1.807, 2.05) is 0 Å². The smallest absolute Gasteiger partial charge is 0.272 e. The molecule has 0 bridgehead atoms. The highest BCUT2D eigenvalue weighted by molar-refractivity contribution is 6.04. The number of carbonyl (C=O) groups is 1. The molecule has 3 rings (SSSR count). The van der Waals surface area contributed by atoms with E-state index < -0.39 is 0 Å². The minimum atomic E-state index is -0.299. The Morgan fingerprint density at radius 2 is 1.52 bits per heavy atom. The second kappa shape index (κ2) is 7.74. The van der Waals surface area contributed by atoms with Gasteiger partial charge in [-0.1, -0.05) is 70.2 Å². The first-order chi connectivity index (χ1) is 12.9. The van der Waals surface area contributed by atoms with Crippen molar-refractivity contribution in [1.82, 2.24) is 15.5 Å².